The SMILES string of the molecule is Cc1cnn(-c2cc(F)c(C3C(C4CC4)C(=O)N3c3ccc4[nH]cnc4c3)c(F)c2)n1. The fourth-order valence-electron chi connectivity index (χ4n) is 4.53. The summed E-state index contributed by atoms with van der Waals surface area (Å²) in [5.74, 6) is -1.78. The number of fused-ring (bicyclic) bond motifs is 1. The Balaban J connectivity index is 1.44. The Hall–Kier alpha value is -3.62. The normalized spacial score (nSPS) is 21.0. The molecule has 2 atom stereocenters. The number of benzene rings is 2. The molecule has 9 heteroatoms. The van der Waals surface area contributed by atoms with Crippen LogP contribution in [0.15, 0.2) is 42.9 Å². The predicted octanol–water partition coefficient (Wildman–Crippen LogP) is 3.84. The van der Waals surface area contributed by atoms with Gasteiger partial charge in [0.1, 0.15) is 11.6 Å². The Morgan fingerprint density at radius 2 is 1.87 bits per heavy atom. The quantitative estimate of drug-likeness (QED) is 0.509. The monoisotopic (exact) mass is 420 g/mol. The zero-order chi connectivity index (χ0) is 21.3. The van der Waals surface area contributed by atoms with Gasteiger partial charge in [0.15, 0.2) is 0 Å². The summed E-state index contributed by atoms with van der Waals surface area (Å²) < 4.78 is 30.6. The van der Waals surface area contributed by atoms with E-state index >= 15 is 8.78 Å². The second-order valence-corrected chi connectivity index (χ2v) is 8.22. The Morgan fingerprint density at radius 3 is 2.55 bits per heavy atom. The van der Waals surface area contributed by atoms with Crippen LogP contribution in [0.1, 0.15) is 30.1 Å². The van der Waals surface area contributed by atoms with E-state index in [0.29, 0.717) is 16.9 Å². The van der Waals surface area contributed by atoms with E-state index in [1.54, 1.807) is 25.4 Å². The number of anilines is 1. The molecule has 6 rings (SSSR count). The largest absolute Gasteiger partial charge is 0.345 e. The van der Waals surface area contributed by atoms with Crippen LogP contribution in [-0.4, -0.2) is 30.9 Å². The Kier molecular flexibility index (Phi) is 3.77. The molecule has 1 saturated carbocycles. The number of amides is 1. The molecule has 0 radical (unpaired) electrons. The number of hydrogen-bond acceptors (Lipinski definition) is 4. The highest BCUT2D eigenvalue weighted by atomic mass is 19.1. The molecule has 2 aromatic heterocycles. The molecular formula is C22H18F2N6O. The summed E-state index contributed by atoms with van der Waals surface area (Å²) in [6.45, 7) is 1.75. The second kappa shape index (κ2) is 6.44. The van der Waals surface area contributed by atoms with E-state index in [1.807, 2.05) is 6.07 Å². The van der Waals surface area contributed by atoms with Crippen LogP contribution in [0, 0.1) is 30.4 Å². The lowest BCUT2D eigenvalue weighted by Crippen LogP contribution is -2.56. The van der Waals surface area contributed by atoms with Crippen LogP contribution < -0.4 is 4.90 Å². The van der Waals surface area contributed by atoms with Crippen molar-refractivity contribution in [3.8, 4) is 5.69 Å². The first-order valence-electron chi connectivity index (χ1n) is 10.2. The molecule has 1 amide bonds. The lowest BCUT2D eigenvalue weighted by Gasteiger charge is -2.48. The average molecular weight is 420 g/mol. The zero-order valence-electron chi connectivity index (χ0n) is 16.6. The molecule has 7 nitrogen and oxygen atoms in total. The molecule has 2 aliphatic rings. The molecule has 1 saturated heterocycles. The van der Waals surface area contributed by atoms with Crippen LogP contribution in [0.4, 0.5) is 14.5 Å². The van der Waals surface area contributed by atoms with Crippen molar-refractivity contribution in [1.82, 2.24) is 25.0 Å². The first-order chi connectivity index (χ1) is 15.0. The van der Waals surface area contributed by atoms with Crippen LogP contribution in [0.2, 0.25) is 0 Å². The lowest BCUT2D eigenvalue weighted by atomic mass is 9.78. The number of nitrogens with zero attached hydrogens (tertiary/aromatic N) is 5. The van der Waals surface area contributed by atoms with E-state index in [1.165, 1.54) is 28.0 Å². The van der Waals surface area contributed by atoms with Crippen molar-refractivity contribution in [3.63, 3.8) is 0 Å². The minimum Gasteiger partial charge on any atom is -0.345 e. The van der Waals surface area contributed by atoms with Gasteiger partial charge in [-0.25, -0.2) is 13.8 Å². The van der Waals surface area contributed by atoms with Crippen LogP contribution >= 0.6 is 0 Å². The van der Waals surface area contributed by atoms with Gasteiger partial charge in [-0.05, 0) is 43.9 Å². The number of rotatable bonds is 4. The first kappa shape index (κ1) is 18.2. The third kappa shape index (κ3) is 2.76. The van der Waals surface area contributed by atoms with E-state index in [-0.39, 0.29) is 23.1 Å². The molecule has 0 spiro atoms. The van der Waals surface area contributed by atoms with Crippen molar-refractivity contribution in [2.45, 2.75) is 25.8 Å². The fourth-order valence-corrected chi connectivity index (χ4v) is 4.53. The molecule has 2 aromatic carbocycles. The molecular weight excluding hydrogens is 402 g/mol. The number of hydrogen-bond donors (Lipinski definition) is 1. The highest BCUT2D eigenvalue weighted by molar-refractivity contribution is 6.04. The van der Waals surface area contributed by atoms with Gasteiger partial charge in [-0.1, -0.05) is 0 Å². The summed E-state index contributed by atoms with van der Waals surface area (Å²) in [6.07, 6.45) is 4.89. The van der Waals surface area contributed by atoms with Gasteiger partial charge in [0, 0.05) is 23.4 Å². The third-order valence-corrected chi connectivity index (χ3v) is 6.15. The smallest absolute Gasteiger partial charge is 0.233 e. The van der Waals surface area contributed by atoms with Gasteiger partial charge < -0.3 is 9.88 Å². The Bertz CT molecular complexity index is 1320. The number of β-lactam (4-membered cyclic amide) rings is 1. The topological polar surface area (TPSA) is 79.7 Å². The van der Waals surface area contributed by atoms with E-state index in [4.69, 9.17) is 0 Å². The number of H-pyrrole nitrogens is 1. The van der Waals surface area contributed by atoms with Crippen molar-refractivity contribution < 1.29 is 13.6 Å². The number of carbonyl (C=O) groups excluding carboxylic acids is 1. The predicted molar refractivity (Wildman–Crippen MR) is 109 cm³/mol. The maximum Gasteiger partial charge on any atom is 0.233 e. The molecule has 2 unspecified atom stereocenters. The number of aromatic amines is 1. The summed E-state index contributed by atoms with van der Waals surface area (Å²) in [5, 5.41) is 8.15. The van der Waals surface area contributed by atoms with Crippen LogP contribution in [-0.2, 0) is 4.79 Å². The standard InChI is InChI=1S/C22H18F2N6O/c1-11-9-27-30(28-11)14-6-15(23)20(16(24)7-14)21-19(12-2-3-12)22(31)29(21)13-4-5-17-18(8-13)26-10-25-17/h4-10,12,19,21H,2-3H2,1H3,(H,25,26). The van der Waals surface area contributed by atoms with Gasteiger partial charge in [-0.15, -0.1) is 0 Å². The molecule has 156 valence electrons. The van der Waals surface area contributed by atoms with Gasteiger partial charge in [0.05, 0.1) is 46.9 Å². The van der Waals surface area contributed by atoms with E-state index in [0.717, 1.165) is 18.4 Å². The van der Waals surface area contributed by atoms with Gasteiger partial charge in [0.25, 0.3) is 0 Å². The second-order valence-electron chi connectivity index (χ2n) is 8.22. The number of carbonyl (C=O) groups is 1. The Morgan fingerprint density at radius 1 is 1.10 bits per heavy atom. The van der Waals surface area contributed by atoms with Crippen LogP contribution in [0.25, 0.3) is 16.7 Å². The minimum absolute atomic E-state index is 0.0914. The van der Waals surface area contributed by atoms with Crippen molar-refractivity contribution in [2.75, 3.05) is 4.90 Å². The fraction of sp³-hybridized carbons (Fsp3) is 0.273. The number of nitrogens with one attached hydrogen (secondary N) is 1. The molecule has 2 fully saturated rings. The molecule has 4 aromatic rings. The van der Waals surface area contributed by atoms with Gasteiger partial charge in [0.2, 0.25) is 5.91 Å². The maximum atomic E-state index is 15.3. The molecule has 1 aliphatic heterocycles. The summed E-state index contributed by atoms with van der Waals surface area (Å²) in [6, 6.07) is 7.10. The Labute approximate surface area is 175 Å². The number of imidazole rings is 1. The summed E-state index contributed by atoms with van der Waals surface area (Å²) in [5.41, 5.74) is 2.85. The highest BCUT2D eigenvalue weighted by Gasteiger charge is 2.56. The third-order valence-electron chi connectivity index (χ3n) is 6.15. The summed E-state index contributed by atoms with van der Waals surface area (Å²) in [4.78, 5) is 23.0. The van der Waals surface area contributed by atoms with E-state index in [9.17, 15) is 4.79 Å². The summed E-state index contributed by atoms with van der Waals surface area (Å²) in [7, 11) is 0. The molecule has 0 bridgehead atoms. The molecule has 1 aliphatic carbocycles. The lowest BCUT2D eigenvalue weighted by molar-refractivity contribution is -0.131. The van der Waals surface area contributed by atoms with E-state index < -0.39 is 23.6 Å². The van der Waals surface area contributed by atoms with Crippen LogP contribution in [0.5, 0.6) is 0 Å². The highest BCUT2D eigenvalue weighted by Crippen LogP contribution is 2.54. The van der Waals surface area contributed by atoms with Gasteiger partial charge >= 0.3 is 0 Å². The van der Waals surface area contributed by atoms with Gasteiger partial charge in [-0.3, -0.25) is 4.79 Å². The number of halogens is 2. The van der Waals surface area contributed by atoms with Crippen molar-refractivity contribution in [2.24, 2.45) is 11.8 Å². The minimum atomic E-state index is -0.709. The van der Waals surface area contributed by atoms with Crippen molar-refractivity contribution >= 4 is 22.6 Å². The molecule has 31 heavy (non-hydrogen) atoms. The molecule has 1 N–H and O–H groups in total. The van der Waals surface area contributed by atoms with E-state index in [2.05, 4.69) is 20.2 Å². The number of aryl methyl sites for hydroxylation is 1. The first-order valence-corrected chi connectivity index (χ1v) is 10.2. The molecule has 3 heterocycles. The summed E-state index contributed by atoms with van der Waals surface area (Å²) >= 11 is 0. The maximum absolute atomic E-state index is 15.3. The van der Waals surface area contributed by atoms with Gasteiger partial charge in [-0.2, -0.15) is 15.0 Å². The average Bonchev–Trinajstić information content (AvgIpc) is 3.26. The zero-order valence-corrected chi connectivity index (χ0v) is 16.6. The van der Waals surface area contributed by atoms with Crippen molar-refractivity contribution in [3.05, 3.63) is 65.7 Å². The van der Waals surface area contributed by atoms with Crippen LogP contribution in [0.3, 0.4) is 0 Å². The number of aromatic nitrogens is 5. The van der Waals surface area contributed by atoms with Crippen molar-refractivity contribution in [1.29, 1.82) is 0 Å².